The van der Waals surface area contributed by atoms with E-state index in [1.54, 1.807) is 14.1 Å². The number of carboxylic acids is 1. The van der Waals surface area contributed by atoms with Gasteiger partial charge in [0.2, 0.25) is 17.7 Å². The maximum atomic E-state index is 11.9. The lowest BCUT2D eigenvalue weighted by Gasteiger charge is -2.20. The highest BCUT2D eigenvalue weighted by atomic mass is 33.1. The molecule has 0 unspecified atom stereocenters. The van der Waals surface area contributed by atoms with Crippen LogP contribution in [0.25, 0.3) is 0 Å². The summed E-state index contributed by atoms with van der Waals surface area (Å²) in [5, 5.41) is 13.8. The van der Waals surface area contributed by atoms with Crippen LogP contribution in [-0.4, -0.2) is 71.4 Å². The Hall–Kier alpha value is -1.42. The van der Waals surface area contributed by atoms with Gasteiger partial charge in [0.05, 0.1) is 0 Å². The molecule has 8 nitrogen and oxygen atoms in total. The normalized spacial score (nSPS) is 12.9. The van der Waals surface area contributed by atoms with E-state index in [-0.39, 0.29) is 17.6 Å². The molecule has 3 N–H and O–H groups in total. The number of hydrogen-bond acceptors (Lipinski definition) is 6. The van der Waals surface area contributed by atoms with Crippen LogP contribution in [0, 0.1) is 0 Å². The number of nitrogens with one attached hydrogen (secondary N) is 2. The molecule has 0 radical (unpaired) electrons. The van der Waals surface area contributed by atoms with Gasteiger partial charge in [-0.05, 0) is 0 Å². The lowest BCUT2D eigenvalue weighted by Crippen LogP contribution is -2.47. The average Bonchev–Trinajstić information content (AvgIpc) is 2.38. The number of carbonyl (C=O) groups is 4. The second-order valence-electron chi connectivity index (χ2n) is 4.65. The Morgan fingerprint density at radius 2 is 1.36 bits per heavy atom. The third-order valence-electron chi connectivity index (χ3n) is 2.34. The number of amides is 3. The number of aliphatic carboxylic acids is 1. The first-order valence-corrected chi connectivity index (χ1v) is 8.86. The quantitative estimate of drug-likeness (QED) is 0.380. The number of rotatable bonds is 9. The molecule has 22 heavy (non-hydrogen) atoms. The zero-order valence-electron chi connectivity index (χ0n) is 12.9. The Morgan fingerprint density at radius 3 is 1.73 bits per heavy atom. The van der Waals surface area contributed by atoms with Gasteiger partial charge in [0.25, 0.3) is 0 Å². The van der Waals surface area contributed by atoms with Crippen LogP contribution < -0.4 is 10.6 Å². The van der Waals surface area contributed by atoms with Gasteiger partial charge in [-0.2, -0.15) is 0 Å². The molecule has 0 aromatic carbocycles. The highest BCUT2D eigenvalue weighted by Crippen LogP contribution is 2.23. The minimum Gasteiger partial charge on any atom is -0.480 e. The zero-order valence-corrected chi connectivity index (χ0v) is 14.5. The predicted octanol–water partition coefficient (Wildman–Crippen LogP) is -0.450. The summed E-state index contributed by atoms with van der Waals surface area (Å²) in [6.45, 7) is 2.57. The number of hydrogen-bond donors (Lipinski definition) is 3. The van der Waals surface area contributed by atoms with Crippen molar-refractivity contribution in [1.82, 2.24) is 15.5 Å². The van der Waals surface area contributed by atoms with E-state index < -0.39 is 24.0 Å². The summed E-state index contributed by atoms with van der Waals surface area (Å²) in [6, 6.07) is -1.66. The summed E-state index contributed by atoms with van der Waals surface area (Å²) in [7, 11) is 5.66. The van der Waals surface area contributed by atoms with Crippen LogP contribution in [0.4, 0.5) is 0 Å². The SMILES string of the molecule is CC(=O)N[C@@H](CSSC[C@H](NC(C)=O)C(=O)N(C)C)C(=O)O. The van der Waals surface area contributed by atoms with E-state index in [1.165, 1.54) is 40.3 Å². The first-order valence-electron chi connectivity index (χ1n) is 6.37. The van der Waals surface area contributed by atoms with Crippen molar-refractivity contribution in [2.24, 2.45) is 0 Å². The van der Waals surface area contributed by atoms with Gasteiger partial charge in [0.1, 0.15) is 12.1 Å². The summed E-state index contributed by atoms with van der Waals surface area (Å²) in [6.07, 6.45) is 0. The number of nitrogens with zero attached hydrogens (tertiary/aromatic N) is 1. The summed E-state index contributed by atoms with van der Waals surface area (Å²) in [4.78, 5) is 46.2. The molecule has 0 aliphatic heterocycles. The van der Waals surface area contributed by atoms with E-state index in [9.17, 15) is 19.2 Å². The minimum atomic E-state index is -1.12. The van der Waals surface area contributed by atoms with Gasteiger partial charge in [-0.25, -0.2) is 4.79 Å². The van der Waals surface area contributed by atoms with Gasteiger partial charge in [-0.1, -0.05) is 21.6 Å². The molecular formula is C12H21N3O5S2. The van der Waals surface area contributed by atoms with Crippen LogP contribution in [0.1, 0.15) is 13.8 Å². The topological polar surface area (TPSA) is 116 Å². The molecule has 0 fully saturated rings. The molecule has 0 aliphatic carbocycles. The molecule has 0 bridgehead atoms. The molecule has 0 spiro atoms. The smallest absolute Gasteiger partial charge is 0.327 e. The fourth-order valence-corrected chi connectivity index (χ4v) is 3.69. The van der Waals surface area contributed by atoms with Gasteiger partial charge < -0.3 is 20.6 Å². The summed E-state index contributed by atoms with van der Waals surface area (Å²) in [5.41, 5.74) is 0. The molecule has 0 heterocycles. The Morgan fingerprint density at radius 1 is 0.955 bits per heavy atom. The van der Waals surface area contributed by atoms with Crippen molar-refractivity contribution >= 4 is 45.3 Å². The maximum absolute atomic E-state index is 11.9. The second-order valence-corrected chi connectivity index (χ2v) is 7.20. The van der Waals surface area contributed by atoms with Crippen molar-refractivity contribution in [2.75, 3.05) is 25.6 Å². The van der Waals surface area contributed by atoms with E-state index in [0.29, 0.717) is 5.75 Å². The van der Waals surface area contributed by atoms with Crippen molar-refractivity contribution in [3.63, 3.8) is 0 Å². The Kier molecular flexibility index (Phi) is 9.66. The fraction of sp³-hybridized carbons (Fsp3) is 0.667. The molecule has 0 aromatic rings. The highest BCUT2D eigenvalue weighted by Gasteiger charge is 2.22. The van der Waals surface area contributed by atoms with Gasteiger partial charge in [0.15, 0.2) is 0 Å². The maximum Gasteiger partial charge on any atom is 0.327 e. The average molecular weight is 351 g/mol. The Bertz CT molecular complexity index is 431. The van der Waals surface area contributed by atoms with E-state index in [4.69, 9.17) is 5.11 Å². The van der Waals surface area contributed by atoms with Crippen molar-refractivity contribution in [1.29, 1.82) is 0 Å². The van der Waals surface area contributed by atoms with Crippen LogP contribution >= 0.6 is 21.6 Å². The van der Waals surface area contributed by atoms with Crippen LogP contribution in [0.15, 0.2) is 0 Å². The first-order chi connectivity index (χ1) is 10.1. The number of likely N-dealkylation sites (N-methyl/N-ethyl adjacent to an activating group) is 1. The molecule has 0 rings (SSSR count). The second kappa shape index (κ2) is 10.3. The number of carbonyl (C=O) groups excluding carboxylic acids is 3. The van der Waals surface area contributed by atoms with Gasteiger partial charge in [-0.3, -0.25) is 14.4 Å². The monoisotopic (exact) mass is 351 g/mol. The predicted molar refractivity (Wildman–Crippen MR) is 86.5 cm³/mol. The number of carboxylic acid groups (broad SMARTS) is 1. The molecule has 0 aromatic heterocycles. The molecular weight excluding hydrogens is 330 g/mol. The van der Waals surface area contributed by atoms with Gasteiger partial charge in [-0.15, -0.1) is 0 Å². The summed E-state index contributed by atoms with van der Waals surface area (Å²) < 4.78 is 0. The van der Waals surface area contributed by atoms with Crippen molar-refractivity contribution in [3.8, 4) is 0 Å². The first kappa shape index (κ1) is 20.6. The van der Waals surface area contributed by atoms with Crippen molar-refractivity contribution in [2.45, 2.75) is 25.9 Å². The van der Waals surface area contributed by atoms with E-state index in [1.807, 2.05) is 0 Å². The molecule has 10 heteroatoms. The van der Waals surface area contributed by atoms with E-state index >= 15 is 0 Å². The third-order valence-corrected chi connectivity index (χ3v) is 4.77. The highest BCUT2D eigenvalue weighted by molar-refractivity contribution is 8.76. The van der Waals surface area contributed by atoms with Crippen LogP contribution in [0.3, 0.4) is 0 Å². The summed E-state index contributed by atoms with van der Waals surface area (Å²) >= 11 is 0. The lowest BCUT2D eigenvalue weighted by molar-refractivity contribution is -0.140. The molecule has 2 atom stereocenters. The van der Waals surface area contributed by atoms with Crippen molar-refractivity contribution in [3.05, 3.63) is 0 Å². The molecule has 0 saturated carbocycles. The van der Waals surface area contributed by atoms with Crippen LogP contribution in [0.5, 0.6) is 0 Å². The minimum absolute atomic E-state index is 0.155. The van der Waals surface area contributed by atoms with Crippen molar-refractivity contribution < 1.29 is 24.3 Å². The van der Waals surface area contributed by atoms with Gasteiger partial charge in [0, 0.05) is 39.4 Å². The lowest BCUT2D eigenvalue weighted by atomic mass is 10.3. The Labute approximate surface area is 137 Å². The van der Waals surface area contributed by atoms with Crippen LogP contribution in [-0.2, 0) is 19.2 Å². The fourth-order valence-electron chi connectivity index (χ4n) is 1.38. The van der Waals surface area contributed by atoms with E-state index in [0.717, 1.165) is 0 Å². The van der Waals surface area contributed by atoms with Crippen LogP contribution in [0.2, 0.25) is 0 Å². The standard InChI is InChI=1S/C12H21N3O5S2/c1-7(16)13-9(11(18)15(3)4)5-21-22-6-10(12(19)20)14-8(2)17/h9-10H,5-6H2,1-4H3,(H,13,16)(H,14,17)(H,19,20)/t9-,10-/m0/s1. The molecule has 126 valence electrons. The summed E-state index contributed by atoms with van der Waals surface area (Å²) in [5.74, 6) is -1.63. The van der Waals surface area contributed by atoms with E-state index in [2.05, 4.69) is 10.6 Å². The van der Waals surface area contributed by atoms with Gasteiger partial charge >= 0.3 is 5.97 Å². The largest absolute Gasteiger partial charge is 0.480 e. The molecule has 3 amide bonds. The zero-order chi connectivity index (χ0) is 17.3. The molecule has 0 aliphatic rings. The Balaban J connectivity index is 4.37. The molecule has 0 saturated heterocycles. The third kappa shape index (κ3) is 8.78.